The molecule has 3 rings (SSSR count). The first-order valence-electron chi connectivity index (χ1n) is 8.66. The van der Waals surface area contributed by atoms with Crippen molar-refractivity contribution < 1.29 is 9.72 Å². The third kappa shape index (κ3) is 3.84. The summed E-state index contributed by atoms with van der Waals surface area (Å²) >= 11 is 0. The van der Waals surface area contributed by atoms with Gasteiger partial charge in [-0.2, -0.15) is 0 Å². The van der Waals surface area contributed by atoms with Crippen molar-refractivity contribution in [1.82, 2.24) is 10.2 Å². The second-order valence-electron chi connectivity index (χ2n) is 6.51. The van der Waals surface area contributed by atoms with E-state index < -0.39 is 4.92 Å². The molecule has 2 aliphatic rings. The topological polar surface area (TPSA) is 87.5 Å². The highest BCUT2D eigenvalue weighted by Gasteiger charge is 2.35. The first-order chi connectivity index (χ1) is 11.6. The molecule has 2 heterocycles. The van der Waals surface area contributed by atoms with Gasteiger partial charge in [0.15, 0.2) is 0 Å². The van der Waals surface area contributed by atoms with Gasteiger partial charge in [0.05, 0.1) is 4.92 Å². The molecule has 7 nitrogen and oxygen atoms in total. The maximum Gasteiger partial charge on any atom is 0.292 e. The third-order valence-electron chi connectivity index (χ3n) is 4.97. The molecule has 0 saturated carbocycles. The second kappa shape index (κ2) is 7.61. The minimum Gasteiger partial charge on any atom is -0.379 e. The summed E-state index contributed by atoms with van der Waals surface area (Å²) in [6, 6.07) is 7.23. The van der Waals surface area contributed by atoms with E-state index >= 15 is 0 Å². The number of hydrogen-bond donors (Lipinski definition) is 2. The fourth-order valence-electron chi connectivity index (χ4n) is 3.79. The van der Waals surface area contributed by atoms with Gasteiger partial charge in [0.2, 0.25) is 5.91 Å². The van der Waals surface area contributed by atoms with Crippen LogP contribution in [0.3, 0.4) is 0 Å². The largest absolute Gasteiger partial charge is 0.379 e. The quantitative estimate of drug-likeness (QED) is 0.615. The summed E-state index contributed by atoms with van der Waals surface area (Å²) in [6.07, 6.45) is 5.01. The van der Waals surface area contributed by atoms with Crippen LogP contribution >= 0.6 is 0 Å². The van der Waals surface area contributed by atoms with Crippen molar-refractivity contribution >= 4 is 17.3 Å². The summed E-state index contributed by atoms with van der Waals surface area (Å²) in [5.41, 5.74) is 0.487. The number of rotatable bonds is 6. The van der Waals surface area contributed by atoms with Crippen LogP contribution in [0, 0.1) is 10.1 Å². The number of para-hydroxylation sites is 2. The van der Waals surface area contributed by atoms with Crippen LogP contribution in [-0.4, -0.2) is 47.4 Å². The zero-order chi connectivity index (χ0) is 16.9. The zero-order valence-corrected chi connectivity index (χ0v) is 13.7. The summed E-state index contributed by atoms with van der Waals surface area (Å²) < 4.78 is 0. The fraction of sp³-hybridized carbons (Fsp3) is 0.588. The Kier molecular flexibility index (Phi) is 5.30. The molecule has 130 valence electrons. The molecule has 2 fully saturated rings. The highest BCUT2D eigenvalue weighted by atomic mass is 16.6. The van der Waals surface area contributed by atoms with Gasteiger partial charge < -0.3 is 10.6 Å². The Morgan fingerprint density at radius 1 is 1.25 bits per heavy atom. The minimum atomic E-state index is -0.418. The first kappa shape index (κ1) is 16.7. The Labute approximate surface area is 141 Å². The van der Waals surface area contributed by atoms with Crippen molar-refractivity contribution in [1.29, 1.82) is 0 Å². The first-order valence-corrected chi connectivity index (χ1v) is 8.66. The predicted octanol–water partition coefficient (Wildman–Crippen LogP) is 2.14. The van der Waals surface area contributed by atoms with Crippen LogP contribution in [0.1, 0.15) is 32.1 Å². The van der Waals surface area contributed by atoms with Crippen molar-refractivity contribution in [2.75, 3.05) is 25.0 Å². The molecule has 0 aliphatic carbocycles. The second-order valence-corrected chi connectivity index (χ2v) is 6.51. The predicted molar refractivity (Wildman–Crippen MR) is 92.0 cm³/mol. The van der Waals surface area contributed by atoms with Crippen LogP contribution in [0.5, 0.6) is 0 Å². The highest BCUT2D eigenvalue weighted by Crippen LogP contribution is 2.27. The maximum absolute atomic E-state index is 12.2. The molecule has 1 aromatic carbocycles. The van der Waals surface area contributed by atoms with Crippen molar-refractivity contribution in [2.24, 2.45) is 0 Å². The van der Waals surface area contributed by atoms with Crippen molar-refractivity contribution in [2.45, 2.75) is 44.2 Å². The SMILES string of the molecule is O=C(CCNc1ccccc1[N+](=O)[O-])N[C@@H]1CCN2CCCC[C@H]12. The molecule has 2 atom stereocenters. The van der Waals surface area contributed by atoms with Crippen molar-refractivity contribution in [3.63, 3.8) is 0 Å². The Morgan fingerprint density at radius 3 is 2.92 bits per heavy atom. The van der Waals surface area contributed by atoms with Crippen LogP contribution in [0.2, 0.25) is 0 Å². The molecule has 1 amide bonds. The number of nitrogens with zero attached hydrogens (tertiary/aromatic N) is 2. The van der Waals surface area contributed by atoms with E-state index in [1.165, 1.54) is 25.3 Å². The molecule has 2 N–H and O–H groups in total. The number of nitro benzene ring substituents is 1. The van der Waals surface area contributed by atoms with Gasteiger partial charge in [-0.25, -0.2) is 0 Å². The average Bonchev–Trinajstić information content (AvgIpc) is 2.98. The Hall–Kier alpha value is -2.15. The summed E-state index contributed by atoms with van der Waals surface area (Å²) in [4.78, 5) is 25.2. The lowest BCUT2D eigenvalue weighted by atomic mass is 9.99. The Morgan fingerprint density at radius 2 is 2.08 bits per heavy atom. The zero-order valence-electron chi connectivity index (χ0n) is 13.7. The van der Waals surface area contributed by atoms with Crippen LogP contribution in [-0.2, 0) is 4.79 Å². The number of benzene rings is 1. The number of anilines is 1. The number of amides is 1. The molecule has 2 saturated heterocycles. The highest BCUT2D eigenvalue weighted by molar-refractivity contribution is 5.77. The van der Waals surface area contributed by atoms with E-state index in [4.69, 9.17) is 0 Å². The molecular formula is C17H24N4O3. The molecule has 0 spiro atoms. The smallest absolute Gasteiger partial charge is 0.292 e. The van der Waals surface area contributed by atoms with Gasteiger partial charge >= 0.3 is 0 Å². The number of piperidine rings is 1. The Balaban J connectivity index is 1.46. The van der Waals surface area contributed by atoms with Gasteiger partial charge in [-0.1, -0.05) is 18.6 Å². The number of hydrogen-bond acceptors (Lipinski definition) is 5. The van der Waals surface area contributed by atoms with Crippen LogP contribution < -0.4 is 10.6 Å². The standard InChI is InChI=1S/C17H24N4O3/c22-17(19-14-9-12-20-11-4-3-6-15(14)20)8-10-18-13-5-1-2-7-16(13)21(23)24/h1-2,5,7,14-15,18H,3-4,6,8-12H2,(H,19,22)/t14-,15-/m1/s1. The van der Waals surface area contributed by atoms with E-state index in [1.807, 2.05) is 0 Å². The van der Waals surface area contributed by atoms with Crippen LogP contribution in [0.4, 0.5) is 11.4 Å². The number of fused-ring (bicyclic) bond motifs is 1. The molecule has 0 aromatic heterocycles. The molecule has 0 radical (unpaired) electrons. The summed E-state index contributed by atoms with van der Waals surface area (Å²) in [5, 5.41) is 17.1. The maximum atomic E-state index is 12.2. The van der Waals surface area contributed by atoms with Gasteiger partial charge in [0.1, 0.15) is 5.69 Å². The summed E-state index contributed by atoms with van der Waals surface area (Å²) in [5.74, 6) is 0.0125. The number of nitrogens with one attached hydrogen (secondary N) is 2. The summed E-state index contributed by atoms with van der Waals surface area (Å²) in [6.45, 7) is 2.61. The van der Waals surface area contributed by atoms with E-state index in [9.17, 15) is 14.9 Å². The van der Waals surface area contributed by atoms with Gasteiger partial charge in [-0.3, -0.25) is 19.8 Å². The van der Waals surface area contributed by atoms with Crippen molar-refractivity contribution in [3.05, 3.63) is 34.4 Å². The summed E-state index contributed by atoms with van der Waals surface area (Å²) in [7, 11) is 0. The molecule has 0 unspecified atom stereocenters. The van der Waals surface area contributed by atoms with E-state index in [0.29, 0.717) is 24.7 Å². The van der Waals surface area contributed by atoms with Gasteiger partial charge in [0, 0.05) is 37.7 Å². The lowest BCUT2D eigenvalue weighted by molar-refractivity contribution is -0.384. The molecule has 2 aliphatic heterocycles. The van der Waals surface area contributed by atoms with Crippen molar-refractivity contribution in [3.8, 4) is 0 Å². The third-order valence-corrected chi connectivity index (χ3v) is 4.97. The van der Waals surface area contributed by atoms with Gasteiger partial charge in [-0.05, 0) is 31.9 Å². The van der Waals surface area contributed by atoms with E-state index in [1.54, 1.807) is 18.2 Å². The number of carbonyl (C=O) groups is 1. The van der Waals surface area contributed by atoms with Crippen LogP contribution in [0.25, 0.3) is 0 Å². The molecule has 0 bridgehead atoms. The number of nitro groups is 1. The molecule has 1 aromatic rings. The monoisotopic (exact) mass is 332 g/mol. The average molecular weight is 332 g/mol. The Bertz CT molecular complexity index is 607. The fourth-order valence-corrected chi connectivity index (χ4v) is 3.79. The van der Waals surface area contributed by atoms with E-state index in [2.05, 4.69) is 15.5 Å². The van der Waals surface area contributed by atoms with Gasteiger partial charge in [-0.15, -0.1) is 0 Å². The van der Waals surface area contributed by atoms with Gasteiger partial charge in [0.25, 0.3) is 5.69 Å². The van der Waals surface area contributed by atoms with E-state index in [0.717, 1.165) is 19.5 Å². The minimum absolute atomic E-state index is 0.0125. The van der Waals surface area contributed by atoms with E-state index in [-0.39, 0.29) is 17.6 Å². The lowest BCUT2D eigenvalue weighted by Gasteiger charge is -2.32. The molecular weight excluding hydrogens is 308 g/mol. The molecule has 7 heteroatoms. The van der Waals surface area contributed by atoms with Crippen LogP contribution in [0.15, 0.2) is 24.3 Å². The normalized spacial score (nSPS) is 23.5. The molecule has 24 heavy (non-hydrogen) atoms. The number of carbonyl (C=O) groups excluding carboxylic acids is 1. The lowest BCUT2D eigenvalue weighted by Crippen LogP contribution is -2.47.